The Bertz CT molecular complexity index is 1220. The van der Waals surface area contributed by atoms with Crippen molar-refractivity contribution >= 4 is 11.8 Å². The van der Waals surface area contributed by atoms with Gasteiger partial charge in [-0.1, -0.05) is 36.8 Å². The van der Waals surface area contributed by atoms with Crippen molar-refractivity contribution in [2.45, 2.75) is 45.2 Å². The van der Waals surface area contributed by atoms with Crippen LogP contribution < -0.4 is 25.0 Å². The normalized spacial score (nSPS) is 13.4. The van der Waals surface area contributed by atoms with Crippen LogP contribution in [0.3, 0.4) is 0 Å². The van der Waals surface area contributed by atoms with Crippen LogP contribution in [0.4, 0.5) is 10.6 Å². The van der Waals surface area contributed by atoms with Gasteiger partial charge < -0.3 is 29.9 Å². The summed E-state index contributed by atoms with van der Waals surface area (Å²) in [5, 5.41) is 5.91. The van der Waals surface area contributed by atoms with Crippen LogP contribution in [0, 0.1) is 0 Å². The number of urea groups is 1. The lowest BCUT2D eigenvalue weighted by Gasteiger charge is -2.27. The second-order valence-corrected chi connectivity index (χ2v) is 11.5. The van der Waals surface area contributed by atoms with E-state index in [-0.39, 0.29) is 6.03 Å². The number of carbonyl (C=O) groups excluding carboxylic acids is 1. The number of nitrogens with one attached hydrogen (secondary N) is 2. The van der Waals surface area contributed by atoms with Crippen LogP contribution in [-0.2, 0) is 13.1 Å². The molecule has 0 radical (unpaired) electrons. The predicted molar refractivity (Wildman–Crippen MR) is 177 cm³/mol. The highest BCUT2D eigenvalue weighted by Crippen LogP contribution is 2.19. The molecule has 1 aliphatic rings. The molecule has 238 valence electrons. The zero-order chi connectivity index (χ0) is 30.8. The fraction of sp³-hybridized carbons (Fsp3) is 0.486. The number of piperidine rings is 1. The standard InChI is InChI=1S/C35H50N6O3/c1-39(24-25-41(34-13-4-5-18-36-34)29-30-14-16-32(43-2)17-15-30)21-9-19-37-35(42)38-20-10-26-44-33-12-8-11-31(27-33)28-40-22-6-3-7-23-40/h4-5,8,11-18,27H,3,6-7,9-10,19-26,28-29H2,1-2H3,(H2,37,38,42). The fourth-order valence-electron chi connectivity index (χ4n) is 5.36. The second kappa shape index (κ2) is 18.8. The molecule has 0 aliphatic carbocycles. The van der Waals surface area contributed by atoms with E-state index in [0.717, 1.165) is 62.9 Å². The summed E-state index contributed by atoms with van der Waals surface area (Å²) in [5.41, 5.74) is 2.50. The van der Waals surface area contributed by atoms with Gasteiger partial charge in [0, 0.05) is 45.5 Å². The summed E-state index contributed by atoms with van der Waals surface area (Å²) in [4.78, 5) is 23.9. The van der Waals surface area contributed by atoms with Crippen LogP contribution in [0.1, 0.15) is 43.2 Å². The van der Waals surface area contributed by atoms with Gasteiger partial charge in [0.05, 0.1) is 13.7 Å². The molecule has 3 aromatic rings. The number of benzene rings is 2. The first-order valence-electron chi connectivity index (χ1n) is 16.0. The fourth-order valence-corrected chi connectivity index (χ4v) is 5.36. The molecular weight excluding hydrogens is 552 g/mol. The summed E-state index contributed by atoms with van der Waals surface area (Å²) in [5.74, 6) is 2.72. The third-order valence-corrected chi connectivity index (χ3v) is 7.89. The van der Waals surface area contributed by atoms with Crippen molar-refractivity contribution in [1.29, 1.82) is 0 Å². The first-order valence-corrected chi connectivity index (χ1v) is 16.0. The molecule has 1 aliphatic heterocycles. The second-order valence-electron chi connectivity index (χ2n) is 11.5. The van der Waals surface area contributed by atoms with E-state index in [1.807, 2.05) is 42.6 Å². The quantitative estimate of drug-likeness (QED) is 0.194. The van der Waals surface area contributed by atoms with E-state index in [1.54, 1.807) is 7.11 Å². The minimum Gasteiger partial charge on any atom is -0.497 e. The average molecular weight is 603 g/mol. The number of hydrogen-bond donors (Lipinski definition) is 2. The minimum absolute atomic E-state index is 0.128. The van der Waals surface area contributed by atoms with Crippen molar-refractivity contribution < 1.29 is 14.3 Å². The van der Waals surface area contributed by atoms with Gasteiger partial charge >= 0.3 is 6.03 Å². The molecule has 44 heavy (non-hydrogen) atoms. The largest absolute Gasteiger partial charge is 0.497 e. The summed E-state index contributed by atoms with van der Waals surface area (Å²) >= 11 is 0. The van der Waals surface area contributed by atoms with Crippen LogP contribution in [-0.4, -0.2) is 87.4 Å². The molecule has 1 saturated heterocycles. The maximum atomic E-state index is 12.2. The SMILES string of the molecule is COc1ccc(CN(CCN(C)CCCNC(=O)NCCCOc2cccc(CN3CCCCC3)c2)c2ccccn2)cc1. The zero-order valence-electron chi connectivity index (χ0n) is 26.5. The van der Waals surface area contributed by atoms with Crippen molar-refractivity contribution in [3.8, 4) is 11.5 Å². The van der Waals surface area contributed by atoms with Gasteiger partial charge in [-0.15, -0.1) is 0 Å². The van der Waals surface area contributed by atoms with Crippen molar-refractivity contribution in [2.24, 2.45) is 0 Å². The lowest BCUT2D eigenvalue weighted by Crippen LogP contribution is -2.38. The van der Waals surface area contributed by atoms with Gasteiger partial charge in [0.25, 0.3) is 0 Å². The van der Waals surface area contributed by atoms with Gasteiger partial charge in [0.15, 0.2) is 0 Å². The summed E-state index contributed by atoms with van der Waals surface area (Å²) in [6.45, 7) is 8.55. The molecule has 0 spiro atoms. The molecule has 1 aromatic heterocycles. The van der Waals surface area contributed by atoms with Crippen molar-refractivity contribution in [1.82, 2.24) is 25.4 Å². The number of likely N-dealkylation sites (tertiary alicyclic amines) is 1. The number of amides is 2. The third kappa shape index (κ3) is 12.1. The van der Waals surface area contributed by atoms with E-state index in [2.05, 4.69) is 67.7 Å². The highest BCUT2D eigenvalue weighted by atomic mass is 16.5. The number of hydrogen-bond acceptors (Lipinski definition) is 7. The van der Waals surface area contributed by atoms with E-state index in [4.69, 9.17) is 9.47 Å². The van der Waals surface area contributed by atoms with Gasteiger partial charge in [-0.2, -0.15) is 0 Å². The number of pyridine rings is 1. The number of nitrogens with zero attached hydrogens (tertiary/aromatic N) is 4. The van der Waals surface area contributed by atoms with Crippen LogP contribution >= 0.6 is 0 Å². The molecule has 1 fully saturated rings. The maximum Gasteiger partial charge on any atom is 0.314 e. The van der Waals surface area contributed by atoms with E-state index in [0.29, 0.717) is 19.7 Å². The van der Waals surface area contributed by atoms with Crippen LogP contribution in [0.2, 0.25) is 0 Å². The van der Waals surface area contributed by atoms with Crippen molar-refractivity contribution in [3.63, 3.8) is 0 Å². The van der Waals surface area contributed by atoms with E-state index < -0.39 is 0 Å². The lowest BCUT2D eigenvalue weighted by atomic mass is 10.1. The molecule has 2 amide bonds. The zero-order valence-corrected chi connectivity index (χ0v) is 26.5. The highest BCUT2D eigenvalue weighted by Gasteiger charge is 2.12. The number of aromatic nitrogens is 1. The Labute approximate surface area is 263 Å². The van der Waals surface area contributed by atoms with E-state index >= 15 is 0 Å². The summed E-state index contributed by atoms with van der Waals surface area (Å²) in [7, 11) is 3.80. The summed E-state index contributed by atoms with van der Waals surface area (Å²) in [6.07, 6.45) is 7.42. The average Bonchev–Trinajstić information content (AvgIpc) is 3.06. The van der Waals surface area contributed by atoms with Gasteiger partial charge in [0.1, 0.15) is 17.3 Å². The lowest BCUT2D eigenvalue weighted by molar-refractivity contribution is 0.220. The molecule has 0 bridgehead atoms. The molecular formula is C35H50N6O3. The van der Waals surface area contributed by atoms with Crippen LogP contribution in [0.5, 0.6) is 11.5 Å². The topological polar surface area (TPSA) is 82.2 Å². The van der Waals surface area contributed by atoms with Crippen molar-refractivity contribution in [3.05, 3.63) is 84.1 Å². The Morgan fingerprint density at radius 2 is 1.66 bits per heavy atom. The first kappa shape index (κ1) is 33.1. The Balaban J connectivity index is 1.06. The summed E-state index contributed by atoms with van der Waals surface area (Å²) < 4.78 is 11.2. The number of carbonyl (C=O) groups is 1. The van der Waals surface area contributed by atoms with Gasteiger partial charge in [-0.05, 0) is 99.9 Å². The van der Waals surface area contributed by atoms with Gasteiger partial charge in [-0.25, -0.2) is 9.78 Å². The Kier molecular flexibility index (Phi) is 14.1. The number of likely N-dealkylation sites (N-methyl/N-ethyl adjacent to an activating group) is 1. The predicted octanol–water partition coefficient (Wildman–Crippen LogP) is 5.17. The van der Waals surface area contributed by atoms with Crippen LogP contribution in [0.25, 0.3) is 0 Å². The Morgan fingerprint density at radius 1 is 0.864 bits per heavy atom. The molecule has 0 saturated carbocycles. The van der Waals surface area contributed by atoms with Crippen LogP contribution in [0.15, 0.2) is 72.9 Å². The molecule has 4 rings (SSSR count). The summed E-state index contributed by atoms with van der Waals surface area (Å²) in [6, 6.07) is 22.4. The van der Waals surface area contributed by atoms with Gasteiger partial charge in [0.2, 0.25) is 0 Å². The number of rotatable bonds is 18. The Hall–Kier alpha value is -3.82. The highest BCUT2D eigenvalue weighted by molar-refractivity contribution is 5.73. The molecule has 2 N–H and O–H groups in total. The number of anilines is 1. The van der Waals surface area contributed by atoms with Gasteiger partial charge in [-0.3, -0.25) is 4.90 Å². The third-order valence-electron chi connectivity index (χ3n) is 7.89. The first-order chi connectivity index (χ1) is 21.6. The van der Waals surface area contributed by atoms with Crippen molar-refractivity contribution in [2.75, 3.05) is 71.5 Å². The van der Waals surface area contributed by atoms with E-state index in [1.165, 1.54) is 43.5 Å². The molecule has 9 heteroatoms. The molecule has 9 nitrogen and oxygen atoms in total. The number of methoxy groups -OCH3 is 1. The van der Waals surface area contributed by atoms with E-state index in [9.17, 15) is 4.79 Å². The Morgan fingerprint density at radius 3 is 2.41 bits per heavy atom. The maximum absolute atomic E-state index is 12.2. The smallest absolute Gasteiger partial charge is 0.314 e. The molecule has 2 aromatic carbocycles. The minimum atomic E-state index is -0.128. The molecule has 2 heterocycles. The monoisotopic (exact) mass is 602 g/mol. The number of ether oxygens (including phenoxy) is 2. The molecule has 0 atom stereocenters. The molecule has 0 unspecified atom stereocenters.